The van der Waals surface area contributed by atoms with E-state index in [0.717, 1.165) is 17.9 Å². The highest BCUT2D eigenvalue weighted by molar-refractivity contribution is 8.19. The van der Waals surface area contributed by atoms with Gasteiger partial charge in [-0.25, -0.2) is 4.79 Å². The van der Waals surface area contributed by atoms with Crippen molar-refractivity contribution in [3.05, 3.63) is 0 Å². The van der Waals surface area contributed by atoms with Crippen LogP contribution in [0.15, 0.2) is 0 Å². The molecule has 0 saturated heterocycles. The number of hydrogen-bond acceptors (Lipinski definition) is 8. The molecule has 0 aliphatic carbocycles. The summed E-state index contributed by atoms with van der Waals surface area (Å²) in [4.78, 5) is 37.7. The minimum absolute atomic E-state index is 0.120. The molecule has 0 aliphatic rings. The average molecular weight is 764 g/mol. The first-order chi connectivity index (χ1) is 23.7. The molecule has 0 spiro atoms. The summed E-state index contributed by atoms with van der Waals surface area (Å²) >= 11 is 6.00. The number of hydrogen-bond donors (Lipinski definition) is 1. The van der Waals surface area contributed by atoms with Gasteiger partial charge in [-0.2, -0.15) is 23.5 Å². The van der Waals surface area contributed by atoms with E-state index < -0.39 is 11.7 Å². The fourth-order valence-electron chi connectivity index (χ4n) is 5.49. The number of rotatable bonds is 35. The summed E-state index contributed by atoms with van der Waals surface area (Å²) < 4.78 is 5.38. The number of carbonyl (C=O) groups is 3. The van der Waals surface area contributed by atoms with Crippen molar-refractivity contribution in [2.75, 3.05) is 35.3 Å². The molecule has 0 radical (unpaired) electrons. The molecule has 0 saturated carbocycles. The first-order valence-corrected chi connectivity index (χ1v) is 24.3. The van der Waals surface area contributed by atoms with Crippen LogP contribution in [0.1, 0.15) is 189 Å². The molecule has 5 nitrogen and oxygen atoms in total. The number of amides is 1. The molecule has 49 heavy (non-hydrogen) atoms. The highest BCUT2D eigenvalue weighted by Gasteiger charge is 2.21. The Labute approximate surface area is 321 Å². The van der Waals surface area contributed by atoms with Crippen molar-refractivity contribution in [1.29, 1.82) is 0 Å². The molecular weight excluding hydrogens is 687 g/mol. The van der Waals surface area contributed by atoms with Crippen LogP contribution in [-0.4, -0.2) is 62.5 Å². The number of alkyl carbamates (subject to hydrolysis) is 1. The molecule has 1 amide bonds. The van der Waals surface area contributed by atoms with Crippen LogP contribution in [0.25, 0.3) is 0 Å². The van der Waals surface area contributed by atoms with Crippen molar-refractivity contribution in [2.24, 2.45) is 0 Å². The zero-order valence-electron chi connectivity index (χ0n) is 32.6. The molecule has 0 rings (SSSR count). The van der Waals surface area contributed by atoms with Gasteiger partial charge < -0.3 is 10.1 Å². The summed E-state index contributed by atoms with van der Waals surface area (Å²) in [5, 5.41) is 2.92. The van der Waals surface area contributed by atoms with Crippen molar-refractivity contribution in [1.82, 2.24) is 5.32 Å². The maximum absolute atomic E-state index is 12.8. The minimum atomic E-state index is -0.581. The maximum atomic E-state index is 12.8. The quantitative estimate of drug-likeness (QED) is 0.0640. The van der Waals surface area contributed by atoms with E-state index in [-0.39, 0.29) is 15.5 Å². The predicted molar refractivity (Wildman–Crippen MR) is 225 cm³/mol. The fraction of sp³-hybridized carbons (Fsp3) is 0.925. The molecule has 0 aromatic carbocycles. The summed E-state index contributed by atoms with van der Waals surface area (Å²) in [6.45, 7) is 10.3. The lowest BCUT2D eigenvalue weighted by molar-refractivity contribution is -0.109. The van der Waals surface area contributed by atoms with E-state index in [9.17, 15) is 14.4 Å². The Hall–Kier alpha value is 0.01000. The largest absolute Gasteiger partial charge is 0.444 e. The SMILES string of the molecule is CCCCCCCCCCCCCCSCC(=O)SCC(CNC(=O)OC(C)(C)C)SC(=O)CSCCCCCCCCCCCCCC. The Kier molecular flexibility index (Phi) is 36.4. The smallest absolute Gasteiger partial charge is 0.407 e. The normalized spacial score (nSPS) is 12.3. The Morgan fingerprint density at radius 3 is 1.31 bits per heavy atom. The van der Waals surface area contributed by atoms with Gasteiger partial charge in [-0.3, -0.25) is 9.59 Å². The van der Waals surface area contributed by atoms with Crippen LogP contribution in [0.2, 0.25) is 0 Å². The Morgan fingerprint density at radius 2 is 0.918 bits per heavy atom. The van der Waals surface area contributed by atoms with Crippen LogP contribution in [0.3, 0.4) is 0 Å². The standard InChI is InChI=1S/C40H77NO4S4/c1-6-8-10-12-14-16-18-20-22-24-26-28-30-46-34-37(42)48-33-36(32-41-39(44)45-40(3,4)5)49-38(43)35-47-31-29-27-25-23-21-19-17-15-13-11-9-7-2/h36H,6-35H2,1-5H3,(H,41,44). The van der Waals surface area contributed by atoms with Crippen LogP contribution >= 0.6 is 47.0 Å². The van der Waals surface area contributed by atoms with Crippen molar-refractivity contribution in [3.63, 3.8) is 0 Å². The van der Waals surface area contributed by atoms with E-state index in [2.05, 4.69) is 19.2 Å². The van der Waals surface area contributed by atoms with Gasteiger partial charge in [0.1, 0.15) is 5.60 Å². The van der Waals surface area contributed by atoms with E-state index in [1.165, 1.54) is 171 Å². The van der Waals surface area contributed by atoms with Crippen LogP contribution in [-0.2, 0) is 14.3 Å². The predicted octanol–water partition coefficient (Wildman–Crippen LogP) is 13.3. The lowest BCUT2D eigenvalue weighted by Crippen LogP contribution is -2.37. The first-order valence-electron chi connectivity index (χ1n) is 20.1. The van der Waals surface area contributed by atoms with Gasteiger partial charge in [-0.15, -0.1) is 0 Å². The molecule has 1 unspecified atom stereocenters. The molecule has 1 atom stereocenters. The summed E-state index contributed by atoms with van der Waals surface area (Å²) in [7, 11) is 0. The molecule has 9 heteroatoms. The molecule has 0 aromatic heterocycles. The highest BCUT2D eigenvalue weighted by atomic mass is 32.2. The van der Waals surface area contributed by atoms with E-state index >= 15 is 0 Å². The monoisotopic (exact) mass is 763 g/mol. The van der Waals surface area contributed by atoms with Gasteiger partial charge in [-0.1, -0.05) is 179 Å². The lowest BCUT2D eigenvalue weighted by atomic mass is 10.1. The number of ether oxygens (including phenoxy) is 1. The average Bonchev–Trinajstić information content (AvgIpc) is 3.05. The molecule has 0 bridgehead atoms. The molecule has 290 valence electrons. The topological polar surface area (TPSA) is 72.5 Å². The lowest BCUT2D eigenvalue weighted by Gasteiger charge is -2.21. The van der Waals surface area contributed by atoms with Crippen LogP contribution in [0.4, 0.5) is 4.79 Å². The van der Waals surface area contributed by atoms with Crippen molar-refractivity contribution in [2.45, 2.75) is 200 Å². The molecular formula is C40H77NO4S4. The summed E-state index contributed by atoms with van der Waals surface area (Å²) in [6, 6.07) is 0. The first kappa shape index (κ1) is 49.0. The number of unbranched alkanes of at least 4 members (excludes halogenated alkanes) is 22. The van der Waals surface area contributed by atoms with Gasteiger partial charge >= 0.3 is 6.09 Å². The van der Waals surface area contributed by atoms with Gasteiger partial charge in [-0.05, 0) is 45.1 Å². The van der Waals surface area contributed by atoms with Crippen molar-refractivity contribution < 1.29 is 19.1 Å². The Bertz CT molecular complexity index is 778. The zero-order chi connectivity index (χ0) is 36.3. The van der Waals surface area contributed by atoms with E-state index in [1.807, 2.05) is 20.8 Å². The van der Waals surface area contributed by atoms with E-state index in [4.69, 9.17) is 4.74 Å². The van der Waals surface area contributed by atoms with Crippen LogP contribution < -0.4 is 5.32 Å². The van der Waals surface area contributed by atoms with E-state index in [1.54, 1.807) is 23.5 Å². The Morgan fingerprint density at radius 1 is 0.551 bits per heavy atom. The van der Waals surface area contributed by atoms with Crippen molar-refractivity contribution >= 4 is 63.4 Å². The third kappa shape index (κ3) is 39.1. The molecule has 0 fully saturated rings. The third-order valence-electron chi connectivity index (χ3n) is 8.33. The van der Waals surface area contributed by atoms with Gasteiger partial charge in [0.25, 0.3) is 0 Å². The summed E-state index contributed by atoms with van der Waals surface area (Å²) in [5.74, 6) is 3.51. The summed E-state index contributed by atoms with van der Waals surface area (Å²) in [6.07, 6.45) is 31.6. The number of carbonyl (C=O) groups excluding carboxylic acids is 3. The minimum Gasteiger partial charge on any atom is -0.444 e. The number of thioether (sulfide) groups is 4. The van der Waals surface area contributed by atoms with Gasteiger partial charge in [0, 0.05) is 17.5 Å². The van der Waals surface area contributed by atoms with Crippen LogP contribution in [0, 0.1) is 0 Å². The second-order valence-electron chi connectivity index (χ2n) is 14.6. The van der Waals surface area contributed by atoms with Gasteiger partial charge in [0.05, 0.1) is 11.5 Å². The maximum Gasteiger partial charge on any atom is 0.407 e. The third-order valence-corrected chi connectivity index (χ3v) is 13.1. The molecule has 0 aliphatic heterocycles. The Balaban J connectivity index is 4.13. The summed E-state index contributed by atoms with van der Waals surface area (Å²) in [5.41, 5.74) is -0.581. The molecule has 0 heterocycles. The van der Waals surface area contributed by atoms with E-state index in [0.29, 0.717) is 23.8 Å². The van der Waals surface area contributed by atoms with Gasteiger partial charge in [0.2, 0.25) is 0 Å². The molecule has 1 N–H and O–H groups in total. The van der Waals surface area contributed by atoms with Crippen LogP contribution in [0.5, 0.6) is 0 Å². The number of nitrogens with one attached hydrogen (secondary N) is 1. The highest BCUT2D eigenvalue weighted by Crippen LogP contribution is 2.22. The molecule has 0 aromatic rings. The fourth-order valence-corrected chi connectivity index (χ4v) is 9.54. The second-order valence-corrected chi connectivity index (χ2v) is 19.2. The second kappa shape index (κ2) is 36.4. The van der Waals surface area contributed by atoms with Gasteiger partial charge in [0.15, 0.2) is 10.2 Å². The zero-order valence-corrected chi connectivity index (χ0v) is 35.8. The van der Waals surface area contributed by atoms with Crippen molar-refractivity contribution in [3.8, 4) is 0 Å².